The largest absolute Gasteiger partial charge is 0.481 e. The first kappa shape index (κ1) is 16.0. The number of rotatable bonds is 8. The molecule has 0 saturated carbocycles. The predicted octanol–water partition coefficient (Wildman–Crippen LogP) is 2.47. The minimum absolute atomic E-state index is 0.0116. The molecule has 0 fully saturated rings. The van der Waals surface area contributed by atoms with E-state index in [0.717, 1.165) is 30.1 Å². The molecule has 6 nitrogen and oxygen atoms in total. The number of carboxylic acids is 1. The second kappa shape index (κ2) is 7.56. The van der Waals surface area contributed by atoms with Gasteiger partial charge < -0.3 is 5.11 Å². The number of hydrogen-bond acceptors (Lipinski definition) is 6. The first-order valence-electron chi connectivity index (χ1n) is 6.84. The lowest BCUT2D eigenvalue weighted by atomic mass is 10.3. The van der Waals surface area contributed by atoms with Crippen molar-refractivity contribution in [2.45, 2.75) is 44.8 Å². The smallest absolute Gasteiger partial charge is 0.313 e. The van der Waals surface area contributed by atoms with Crippen LogP contribution in [0.15, 0.2) is 11.4 Å². The molecule has 0 aliphatic carbocycles. The third-order valence-electron chi connectivity index (χ3n) is 2.84. The van der Waals surface area contributed by atoms with Crippen LogP contribution in [0.1, 0.15) is 36.0 Å². The molecule has 0 amide bonds. The number of nitrogens with zero attached hydrogens (tertiary/aromatic N) is 4. The van der Waals surface area contributed by atoms with Gasteiger partial charge in [-0.3, -0.25) is 9.36 Å². The Hall–Kier alpha value is -1.41. The second-order valence-corrected chi connectivity index (χ2v) is 6.63. The van der Waals surface area contributed by atoms with Crippen LogP contribution in [0.2, 0.25) is 0 Å². The predicted molar refractivity (Wildman–Crippen MR) is 83.0 cm³/mol. The van der Waals surface area contributed by atoms with Gasteiger partial charge in [0.05, 0.1) is 12.3 Å². The van der Waals surface area contributed by atoms with E-state index in [9.17, 15) is 4.79 Å². The van der Waals surface area contributed by atoms with Crippen LogP contribution in [0.4, 0.5) is 0 Å². The molecule has 1 N–H and O–H groups in total. The van der Waals surface area contributed by atoms with Crippen molar-refractivity contribution >= 4 is 29.1 Å². The number of aliphatic carboxylic acids is 1. The fraction of sp³-hybridized carbons (Fsp3) is 0.538. The van der Waals surface area contributed by atoms with E-state index in [1.165, 1.54) is 16.6 Å². The van der Waals surface area contributed by atoms with Gasteiger partial charge in [-0.1, -0.05) is 25.6 Å². The summed E-state index contributed by atoms with van der Waals surface area (Å²) in [4.78, 5) is 16.4. The maximum Gasteiger partial charge on any atom is 0.313 e. The van der Waals surface area contributed by atoms with Gasteiger partial charge in [0.25, 0.3) is 0 Å². The second-order valence-electron chi connectivity index (χ2n) is 4.49. The third kappa shape index (κ3) is 4.28. The zero-order chi connectivity index (χ0) is 15.2. The molecule has 0 bridgehead atoms. The van der Waals surface area contributed by atoms with E-state index in [1.807, 2.05) is 10.8 Å². The van der Waals surface area contributed by atoms with Crippen molar-refractivity contribution in [3.63, 3.8) is 0 Å². The van der Waals surface area contributed by atoms with Crippen LogP contribution >= 0.6 is 23.1 Å². The molecule has 8 heteroatoms. The van der Waals surface area contributed by atoms with Crippen molar-refractivity contribution in [3.8, 4) is 0 Å². The van der Waals surface area contributed by atoms with Gasteiger partial charge >= 0.3 is 5.97 Å². The van der Waals surface area contributed by atoms with Crippen LogP contribution in [0.3, 0.4) is 0 Å². The molecule has 0 spiro atoms. The number of hydrogen-bond donors (Lipinski definition) is 1. The molecule has 0 atom stereocenters. The van der Waals surface area contributed by atoms with E-state index >= 15 is 0 Å². The summed E-state index contributed by atoms with van der Waals surface area (Å²) in [6.45, 7) is 4.79. The monoisotopic (exact) mass is 326 g/mol. The average Bonchev–Trinajstić information content (AvgIpc) is 3.06. The lowest BCUT2D eigenvalue weighted by Gasteiger charge is -2.07. The third-order valence-corrected chi connectivity index (χ3v) is 4.91. The maximum atomic E-state index is 10.7. The topological polar surface area (TPSA) is 80.9 Å². The van der Waals surface area contributed by atoms with Crippen molar-refractivity contribution in [1.82, 2.24) is 19.7 Å². The Balaban J connectivity index is 2.20. The van der Waals surface area contributed by atoms with E-state index in [0.29, 0.717) is 11.7 Å². The van der Waals surface area contributed by atoms with Crippen molar-refractivity contribution in [2.24, 2.45) is 0 Å². The van der Waals surface area contributed by atoms with Crippen LogP contribution in [0.25, 0.3) is 0 Å². The number of thiazole rings is 1. The molecular formula is C13H18N4O2S2. The number of carboxylic acid groups (broad SMARTS) is 1. The Morgan fingerprint density at radius 1 is 1.43 bits per heavy atom. The van der Waals surface area contributed by atoms with Crippen LogP contribution in [0.5, 0.6) is 0 Å². The summed E-state index contributed by atoms with van der Waals surface area (Å²) in [5.74, 6) is 0.0234. The molecule has 2 aromatic heterocycles. The normalized spacial score (nSPS) is 11.0. The standard InChI is InChI=1S/C13H18N4O2S2/c1-3-5-10-15-16-13(20-8-12(18)19)17(10)7-11-14-6-9(4-2)21-11/h6H,3-5,7-8H2,1-2H3,(H,18,19). The molecule has 0 unspecified atom stereocenters. The summed E-state index contributed by atoms with van der Waals surface area (Å²) < 4.78 is 1.98. The highest BCUT2D eigenvalue weighted by atomic mass is 32.2. The Kier molecular flexibility index (Phi) is 5.75. The van der Waals surface area contributed by atoms with E-state index in [4.69, 9.17) is 5.11 Å². The van der Waals surface area contributed by atoms with Crippen molar-refractivity contribution in [2.75, 3.05) is 5.75 Å². The van der Waals surface area contributed by atoms with Crippen LogP contribution in [-0.2, 0) is 24.2 Å². The molecule has 0 radical (unpaired) electrons. The zero-order valence-electron chi connectivity index (χ0n) is 12.1. The Morgan fingerprint density at radius 2 is 2.24 bits per heavy atom. The van der Waals surface area contributed by atoms with E-state index in [1.54, 1.807) is 11.3 Å². The molecule has 0 aliphatic rings. The molecule has 0 aliphatic heterocycles. The van der Waals surface area contributed by atoms with E-state index < -0.39 is 5.97 Å². The number of aromatic nitrogens is 4. The van der Waals surface area contributed by atoms with Gasteiger partial charge in [0.2, 0.25) is 0 Å². The minimum Gasteiger partial charge on any atom is -0.481 e. The van der Waals surface area contributed by atoms with Crippen LogP contribution in [0, 0.1) is 0 Å². The highest BCUT2D eigenvalue weighted by molar-refractivity contribution is 7.99. The molecule has 114 valence electrons. The van der Waals surface area contributed by atoms with Gasteiger partial charge in [0, 0.05) is 17.5 Å². The van der Waals surface area contributed by atoms with Gasteiger partial charge in [-0.2, -0.15) is 0 Å². The van der Waals surface area contributed by atoms with Gasteiger partial charge in [-0.15, -0.1) is 21.5 Å². The summed E-state index contributed by atoms with van der Waals surface area (Å²) >= 11 is 2.88. The van der Waals surface area contributed by atoms with E-state index in [-0.39, 0.29) is 5.75 Å². The van der Waals surface area contributed by atoms with Gasteiger partial charge in [-0.25, -0.2) is 4.98 Å². The number of aryl methyl sites for hydroxylation is 2. The fourth-order valence-corrected chi connectivity index (χ4v) is 3.37. The summed E-state index contributed by atoms with van der Waals surface area (Å²) in [5, 5.41) is 18.8. The minimum atomic E-state index is -0.853. The molecule has 2 aromatic rings. The van der Waals surface area contributed by atoms with Crippen LogP contribution in [-0.4, -0.2) is 36.6 Å². The number of thioether (sulfide) groups is 1. The summed E-state index contributed by atoms with van der Waals surface area (Å²) in [6, 6.07) is 0. The first-order chi connectivity index (χ1) is 10.1. The quantitative estimate of drug-likeness (QED) is 0.751. The first-order valence-corrected chi connectivity index (χ1v) is 8.64. The van der Waals surface area contributed by atoms with Crippen molar-refractivity contribution in [3.05, 3.63) is 21.9 Å². The summed E-state index contributed by atoms with van der Waals surface area (Å²) in [7, 11) is 0. The maximum absolute atomic E-state index is 10.7. The molecule has 21 heavy (non-hydrogen) atoms. The zero-order valence-corrected chi connectivity index (χ0v) is 13.7. The van der Waals surface area contributed by atoms with Gasteiger partial charge in [0.1, 0.15) is 10.8 Å². The molecule has 2 heterocycles. The van der Waals surface area contributed by atoms with Gasteiger partial charge in [0.15, 0.2) is 5.16 Å². The van der Waals surface area contributed by atoms with E-state index in [2.05, 4.69) is 29.0 Å². The molecule has 2 rings (SSSR count). The summed E-state index contributed by atoms with van der Waals surface area (Å²) in [6.07, 6.45) is 4.67. The Morgan fingerprint density at radius 3 is 2.86 bits per heavy atom. The Bertz CT molecular complexity index is 609. The molecule has 0 saturated heterocycles. The van der Waals surface area contributed by atoms with Crippen LogP contribution < -0.4 is 0 Å². The van der Waals surface area contributed by atoms with Crippen molar-refractivity contribution in [1.29, 1.82) is 0 Å². The Labute approximate surface area is 131 Å². The lowest BCUT2D eigenvalue weighted by molar-refractivity contribution is -0.133. The highest BCUT2D eigenvalue weighted by Gasteiger charge is 2.15. The SMILES string of the molecule is CCCc1nnc(SCC(=O)O)n1Cc1ncc(CC)s1. The van der Waals surface area contributed by atoms with Gasteiger partial charge in [-0.05, 0) is 12.8 Å². The van der Waals surface area contributed by atoms with Crippen molar-refractivity contribution < 1.29 is 9.90 Å². The molecular weight excluding hydrogens is 308 g/mol. The summed E-state index contributed by atoms with van der Waals surface area (Å²) in [5.41, 5.74) is 0. The lowest BCUT2D eigenvalue weighted by Crippen LogP contribution is -2.08. The number of carbonyl (C=O) groups is 1. The molecule has 0 aromatic carbocycles. The average molecular weight is 326 g/mol. The highest BCUT2D eigenvalue weighted by Crippen LogP contribution is 2.21. The fourth-order valence-electron chi connectivity index (χ4n) is 1.84.